The van der Waals surface area contributed by atoms with Crippen LogP contribution >= 0.6 is 35.3 Å². The van der Waals surface area contributed by atoms with Gasteiger partial charge in [0, 0.05) is 22.8 Å². The van der Waals surface area contributed by atoms with Gasteiger partial charge in [0.05, 0.1) is 5.69 Å². The van der Waals surface area contributed by atoms with Crippen molar-refractivity contribution in [2.75, 3.05) is 23.6 Å². The third-order valence-corrected chi connectivity index (χ3v) is 6.84. The molecule has 0 bridgehead atoms. The van der Waals surface area contributed by atoms with Gasteiger partial charge in [-0.2, -0.15) is 13.2 Å². The zero-order valence-corrected chi connectivity index (χ0v) is 20.2. The number of carbonyl (C=O) groups excluding carboxylic acids is 1. The van der Waals surface area contributed by atoms with Gasteiger partial charge in [-0.05, 0) is 50.5 Å². The molecule has 5 nitrogen and oxygen atoms in total. The lowest BCUT2D eigenvalue weighted by atomic mass is 10.2. The molecule has 0 aliphatic carbocycles. The summed E-state index contributed by atoms with van der Waals surface area (Å²) < 4.78 is 44.6. The molecule has 0 saturated heterocycles. The Balaban J connectivity index is 1.51. The first-order valence-electron chi connectivity index (χ1n) is 9.72. The number of unbranched alkanes of at least 4 members (excludes halogenated alkanes) is 1. The minimum atomic E-state index is -4.49. The van der Waals surface area contributed by atoms with Gasteiger partial charge < -0.3 is 9.73 Å². The number of nitrogens with zero attached hydrogens (tertiary/aromatic N) is 2. The number of rotatable bonds is 9. The van der Waals surface area contributed by atoms with E-state index in [2.05, 4.69) is 15.3 Å². The highest BCUT2D eigenvalue weighted by atomic mass is 32.2. The molecule has 0 aliphatic rings. The second-order valence-electron chi connectivity index (χ2n) is 6.84. The summed E-state index contributed by atoms with van der Waals surface area (Å²) in [5.41, 5.74) is 0.744. The molecule has 0 saturated carbocycles. The molecular weight excluding hydrogens is 479 g/mol. The number of para-hydroxylation sites is 1. The monoisotopic (exact) mass is 501 g/mol. The van der Waals surface area contributed by atoms with Crippen molar-refractivity contribution in [2.24, 2.45) is 0 Å². The van der Waals surface area contributed by atoms with Crippen molar-refractivity contribution in [3.63, 3.8) is 0 Å². The molecule has 3 rings (SSSR count). The van der Waals surface area contributed by atoms with Crippen LogP contribution in [0.25, 0.3) is 11.1 Å². The molecule has 11 heteroatoms. The van der Waals surface area contributed by atoms with Gasteiger partial charge in [0.1, 0.15) is 16.1 Å². The van der Waals surface area contributed by atoms with Gasteiger partial charge in [-0.3, -0.25) is 4.79 Å². The van der Waals surface area contributed by atoms with E-state index in [1.165, 1.54) is 35.7 Å². The average Bonchev–Trinajstić information content (AvgIpc) is 3.16. The van der Waals surface area contributed by atoms with Crippen molar-refractivity contribution >= 4 is 58.0 Å². The SMILES string of the molecule is CSc1cc(C)nc(SC)c1NC(=O)CCCCSc1nc2cccc(C(F)(F)F)c2o1. The van der Waals surface area contributed by atoms with Crippen LogP contribution in [0.1, 0.15) is 30.5 Å². The fraction of sp³-hybridized carbons (Fsp3) is 0.381. The number of pyridine rings is 1. The third-order valence-electron chi connectivity index (χ3n) is 4.48. The number of fused-ring (bicyclic) bond motifs is 1. The number of alkyl halides is 3. The molecule has 2 aromatic heterocycles. The van der Waals surface area contributed by atoms with Gasteiger partial charge in [-0.15, -0.1) is 23.5 Å². The Morgan fingerprint density at radius 1 is 1.16 bits per heavy atom. The Bertz CT molecular complexity index is 1080. The highest BCUT2D eigenvalue weighted by Crippen LogP contribution is 2.37. The van der Waals surface area contributed by atoms with Crippen LogP contribution in [0.5, 0.6) is 0 Å². The standard InChI is InChI=1S/C21H22F3N3O2S3/c1-12-11-15(30-2)17(19(25-12)31-3)27-16(28)9-4-5-10-32-20-26-14-8-6-7-13(18(14)29-20)21(22,23)24/h6-8,11H,4-5,9-10H2,1-3H3,(H,27,28). The van der Waals surface area contributed by atoms with E-state index >= 15 is 0 Å². The summed E-state index contributed by atoms with van der Waals surface area (Å²) in [6.07, 6.45) is 1.04. The molecule has 0 atom stereocenters. The van der Waals surface area contributed by atoms with Crippen molar-refractivity contribution in [2.45, 2.75) is 47.5 Å². The first kappa shape index (κ1) is 24.8. The van der Waals surface area contributed by atoms with Crippen LogP contribution in [0, 0.1) is 6.92 Å². The molecule has 0 spiro atoms. The van der Waals surface area contributed by atoms with Crippen LogP contribution in [0.2, 0.25) is 0 Å². The summed E-state index contributed by atoms with van der Waals surface area (Å²) in [7, 11) is 0. The molecular formula is C21H22F3N3O2S3. The van der Waals surface area contributed by atoms with Crippen molar-refractivity contribution in [1.29, 1.82) is 0 Å². The lowest BCUT2D eigenvalue weighted by Gasteiger charge is -2.13. The summed E-state index contributed by atoms with van der Waals surface area (Å²) in [6, 6.07) is 5.74. The fourth-order valence-corrected chi connectivity index (χ4v) is 5.14. The van der Waals surface area contributed by atoms with Crippen LogP contribution in [0.15, 0.2) is 43.8 Å². The van der Waals surface area contributed by atoms with Crippen molar-refractivity contribution in [1.82, 2.24) is 9.97 Å². The molecule has 32 heavy (non-hydrogen) atoms. The third kappa shape index (κ3) is 6.14. The topological polar surface area (TPSA) is 68.0 Å². The van der Waals surface area contributed by atoms with Gasteiger partial charge in [0.2, 0.25) is 5.91 Å². The van der Waals surface area contributed by atoms with Crippen molar-refractivity contribution in [3.05, 3.63) is 35.5 Å². The predicted molar refractivity (Wildman–Crippen MR) is 125 cm³/mol. The predicted octanol–water partition coefficient (Wildman–Crippen LogP) is 6.89. The summed E-state index contributed by atoms with van der Waals surface area (Å²) in [5.74, 6) is 0.488. The van der Waals surface area contributed by atoms with E-state index in [1.807, 2.05) is 25.5 Å². The quantitative estimate of drug-likeness (QED) is 0.253. The average molecular weight is 502 g/mol. The normalized spacial score (nSPS) is 11.8. The number of nitrogens with one attached hydrogen (secondary N) is 1. The van der Waals surface area contributed by atoms with E-state index in [1.54, 1.807) is 11.8 Å². The highest BCUT2D eigenvalue weighted by Gasteiger charge is 2.34. The van der Waals surface area contributed by atoms with Gasteiger partial charge in [-0.1, -0.05) is 17.8 Å². The maximum Gasteiger partial charge on any atom is 0.420 e. The number of hydrogen-bond acceptors (Lipinski definition) is 7. The minimum Gasteiger partial charge on any atom is -0.431 e. The largest absolute Gasteiger partial charge is 0.431 e. The first-order chi connectivity index (χ1) is 15.2. The molecule has 1 amide bonds. The lowest BCUT2D eigenvalue weighted by Crippen LogP contribution is -2.13. The Morgan fingerprint density at radius 3 is 2.62 bits per heavy atom. The van der Waals surface area contributed by atoms with Crippen LogP contribution in [0.3, 0.4) is 0 Å². The van der Waals surface area contributed by atoms with Gasteiger partial charge in [-0.25, -0.2) is 9.97 Å². The Morgan fingerprint density at radius 2 is 1.94 bits per heavy atom. The number of benzene rings is 1. The molecule has 0 aliphatic heterocycles. The zero-order valence-electron chi connectivity index (χ0n) is 17.7. The highest BCUT2D eigenvalue weighted by molar-refractivity contribution is 7.99. The van der Waals surface area contributed by atoms with E-state index in [9.17, 15) is 18.0 Å². The lowest BCUT2D eigenvalue weighted by molar-refractivity contribution is -0.136. The van der Waals surface area contributed by atoms with E-state index in [0.29, 0.717) is 25.0 Å². The number of aromatic nitrogens is 2. The Labute approximate surface area is 196 Å². The van der Waals surface area contributed by atoms with Gasteiger partial charge >= 0.3 is 6.18 Å². The summed E-state index contributed by atoms with van der Waals surface area (Å²) in [4.78, 5) is 22.0. The molecule has 1 N–H and O–H groups in total. The van der Waals surface area contributed by atoms with Crippen LogP contribution < -0.4 is 5.32 Å². The Kier molecular flexibility index (Phi) is 8.40. The maximum absolute atomic E-state index is 13.1. The second kappa shape index (κ2) is 10.8. The molecule has 0 unspecified atom stereocenters. The van der Waals surface area contributed by atoms with E-state index in [-0.39, 0.29) is 22.2 Å². The van der Waals surface area contributed by atoms with E-state index in [0.717, 1.165) is 27.4 Å². The smallest absolute Gasteiger partial charge is 0.420 e. The van der Waals surface area contributed by atoms with Gasteiger partial charge in [0.15, 0.2) is 5.58 Å². The van der Waals surface area contributed by atoms with Crippen molar-refractivity contribution in [3.8, 4) is 0 Å². The molecule has 0 fully saturated rings. The van der Waals surface area contributed by atoms with E-state index < -0.39 is 11.7 Å². The molecule has 172 valence electrons. The number of oxazole rings is 1. The molecule has 1 aromatic carbocycles. The van der Waals surface area contributed by atoms with Crippen LogP contribution in [0.4, 0.5) is 18.9 Å². The number of thioether (sulfide) groups is 3. The summed E-state index contributed by atoms with van der Waals surface area (Å²) >= 11 is 4.28. The number of carbonyl (C=O) groups is 1. The van der Waals surface area contributed by atoms with Crippen LogP contribution in [-0.2, 0) is 11.0 Å². The maximum atomic E-state index is 13.1. The molecule has 3 aromatic rings. The first-order valence-corrected chi connectivity index (χ1v) is 13.2. The number of anilines is 1. The Hall–Kier alpha value is -1.85. The number of aryl methyl sites for hydroxylation is 1. The molecule has 0 radical (unpaired) electrons. The summed E-state index contributed by atoms with van der Waals surface area (Å²) in [6.45, 7) is 1.92. The zero-order chi connectivity index (χ0) is 23.3. The molecule has 2 heterocycles. The van der Waals surface area contributed by atoms with Crippen molar-refractivity contribution < 1.29 is 22.4 Å². The number of halogens is 3. The summed E-state index contributed by atoms with van der Waals surface area (Å²) in [5, 5.41) is 3.95. The fourth-order valence-electron chi connectivity index (χ4n) is 3.00. The second-order valence-corrected chi connectivity index (χ2v) is 9.52. The number of amides is 1. The van der Waals surface area contributed by atoms with Crippen LogP contribution in [-0.4, -0.2) is 34.1 Å². The minimum absolute atomic E-state index is 0.0945. The number of hydrogen-bond donors (Lipinski definition) is 1. The van der Waals surface area contributed by atoms with E-state index in [4.69, 9.17) is 4.42 Å². The van der Waals surface area contributed by atoms with Gasteiger partial charge in [0.25, 0.3) is 5.22 Å².